The molecule has 0 atom stereocenters. The number of rotatable bonds is 6. The second-order valence-corrected chi connectivity index (χ2v) is 6.05. The average Bonchev–Trinajstić information content (AvgIpc) is 2.72. The predicted octanol–water partition coefficient (Wildman–Crippen LogP) is 4.36. The molecule has 2 aromatic carbocycles. The van der Waals surface area contributed by atoms with Crippen molar-refractivity contribution < 1.29 is 4.79 Å². The van der Waals surface area contributed by atoms with E-state index in [0.29, 0.717) is 30.0 Å². The summed E-state index contributed by atoms with van der Waals surface area (Å²) in [5, 5.41) is 12.2. The van der Waals surface area contributed by atoms with Gasteiger partial charge in [0.1, 0.15) is 5.82 Å². The van der Waals surface area contributed by atoms with Crippen molar-refractivity contribution in [1.29, 1.82) is 5.26 Å². The van der Waals surface area contributed by atoms with Gasteiger partial charge in [-0.25, -0.2) is 4.98 Å². The maximum atomic E-state index is 12.9. The van der Waals surface area contributed by atoms with E-state index in [0.717, 1.165) is 11.3 Å². The molecule has 0 aliphatic rings. The number of aromatic nitrogens is 1. The third kappa shape index (κ3) is 4.71. The zero-order chi connectivity index (χ0) is 19.1. The number of hydrogen-bond donors (Lipinski definition) is 1. The van der Waals surface area contributed by atoms with Crippen LogP contribution in [0.5, 0.6) is 0 Å². The molecule has 5 heteroatoms. The Hall–Kier alpha value is -3.65. The normalized spacial score (nSPS) is 10.1. The minimum Gasteiger partial charge on any atom is -0.340 e. The van der Waals surface area contributed by atoms with Crippen molar-refractivity contribution in [2.75, 3.05) is 11.9 Å². The van der Waals surface area contributed by atoms with E-state index in [1.807, 2.05) is 43.3 Å². The van der Waals surface area contributed by atoms with Crippen molar-refractivity contribution >= 4 is 17.4 Å². The number of nitriles is 1. The first kappa shape index (κ1) is 18.2. The Morgan fingerprint density at radius 1 is 1.11 bits per heavy atom. The zero-order valence-corrected chi connectivity index (χ0v) is 15.1. The first-order valence-electron chi connectivity index (χ1n) is 8.76. The Balaban J connectivity index is 1.77. The van der Waals surface area contributed by atoms with Crippen LogP contribution in [0.25, 0.3) is 0 Å². The number of anilines is 2. The van der Waals surface area contributed by atoms with Crippen molar-refractivity contribution in [2.24, 2.45) is 0 Å². The lowest BCUT2D eigenvalue weighted by Gasteiger charge is -2.21. The molecule has 0 aliphatic carbocycles. The van der Waals surface area contributed by atoms with E-state index in [9.17, 15) is 4.79 Å². The van der Waals surface area contributed by atoms with Crippen LogP contribution in [0.4, 0.5) is 11.5 Å². The molecule has 27 heavy (non-hydrogen) atoms. The number of nitrogens with zero attached hydrogens (tertiary/aromatic N) is 3. The molecular formula is C22H20N4O. The summed E-state index contributed by atoms with van der Waals surface area (Å²) in [5.74, 6) is 0.518. The topological polar surface area (TPSA) is 69.0 Å². The summed E-state index contributed by atoms with van der Waals surface area (Å²) in [5.41, 5.74) is 2.98. The molecule has 1 heterocycles. The molecule has 0 unspecified atom stereocenters. The van der Waals surface area contributed by atoms with Crippen LogP contribution < -0.4 is 5.32 Å². The third-order valence-electron chi connectivity index (χ3n) is 4.16. The molecule has 134 valence electrons. The van der Waals surface area contributed by atoms with Crippen molar-refractivity contribution in [3.05, 3.63) is 89.6 Å². The van der Waals surface area contributed by atoms with E-state index in [4.69, 9.17) is 5.26 Å². The van der Waals surface area contributed by atoms with E-state index >= 15 is 0 Å². The van der Waals surface area contributed by atoms with Gasteiger partial charge in [0, 0.05) is 30.5 Å². The van der Waals surface area contributed by atoms with E-state index < -0.39 is 0 Å². The van der Waals surface area contributed by atoms with Crippen LogP contribution in [0.1, 0.15) is 28.4 Å². The van der Waals surface area contributed by atoms with Gasteiger partial charge in [-0.1, -0.05) is 36.4 Å². The Bertz CT molecular complexity index is 963. The fourth-order valence-electron chi connectivity index (χ4n) is 2.76. The fraction of sp³-hybridized carbons (Fsp3) is 0.136. The SMILES string of the molecule is CCN(Cc1ccccc1)C(=O)c1ccnc(Nc2cccc(C#N)c2)c1. The molecule has 5 nitrogen and oxygen atoms in total. The molecule has 1 N–H and O–H groups in total. The lowest BCUT2D eigenvalue weighted by molar-refractivity contribution is 0.0752. The van der Waals surface area contributed by atoms with Gasteiger partial charge in [0.2, 0.25) is 0 Å². The molecule has 0 aliphatic heterocycles. The Kier molecular flexibility index (Phi) is 5.80. The van der Waals surface area contributed by atoms with Gasteiger partial charge in [0.25, 0.3) is 5.91 Å². The summed E-state index contributed by atoms with van der Waals surface area (Å²) in [7, 11) is 0. The third-order valence-corrected chi connectivity index (χ3v) is 4.16. The van der Waals surface area contributed by atoms with E-state index in [1.165, 1.54) is 0 Å². The van der Waals surface area contributed by atoms with Crippen molar-refractivity contribution in [3.63, 3.8) is 0 Å². The number of nitrogens with one attached hydrogen (secondary N) is 1. The first-order chi connectivity index (χ1) is 13.2. The zero-order valence-electron chi connectivity index (χ0n) is 15.1. The van der Waals surface area contributed by atoms with Crippen LogP contribution in [0.2, 0.25) is 0 Å². The van der Waals surface area contributed by atoms with Crippen LogP contribution in [-0.4, -0.2) is 22.3 Å². The van der Waals surface area contributed by atoms with Gasteiger partial charge < -0.3 is 10.2 Å². The van der Waals surface area contributed by atoms with Crippen molar-refractivity contribution in [1.82, 2.24) is 9.88 Å². The molecule has 0 bridgehead atoms. The molecule has 3 aromatic rings. The minimum atomic E-state index is -0.0439. The van der Waals surface area contributed by atoms with E-state index in [1.54, 1.807) is 41.4 Å². The lowest BCUT2D eigenvalue weighted by Crippen LogP contribution is -2.30. The second-order valence-electron chi connectivity index (χ2n) is 6.05. The van der Waals surface area contributed by atoms with E-state index in [2.05, 4.69) is 16.4 Å². The van der Waals surface area contributed by atoms with Crippen LogP contribution in [0.3, 0.4) is 0 Å². The number of carbonyl (C=O) groups is 1. The molecule has 3 rings (SSSR count). The number of hydrogen-bond acceptors (Lipinski definition) is 4. The predicted molar refractivity (Wildman–Crippen MR) is 106 cm³/mol. The molecule has 0 spiro atoms. The molecule has 0 fully saturated rings. The summed E-state index contributed by atoms with van der Waals surface area (Å²) in [6.07, 6.45) is 1.61. The average molecular weight is 356 g/mol. The maximum Gasteiger partial charge on any atom is 0.254 e. The summed E-state index contributed by atoms with van der Waals surface area (Å²) < 4.78 is 0. The minimum absolute atomic E-state index is 0.0439. The van der Waals surface area contributed by atoms with Crippen molar-refractivity contribution in [3.8, 4) is 6.07 Å². The van der Waals surface area contributed by atoms with E-state index in [-0.39, 0.29) is 5.91 Å². The largest absolute Gasteiger partial charge is 0.340 e. The van der Waals surface area contributed by atoms with Gasteiger partial charge >= 0.3 is 0 Å². The number of benzene rings is 2. The van der Waals surface area contributed by atoms with Crippen molar-refractivity contribution in [2.45, 2.75) is 13.5 Å². The summed E-state index contributed by atoms with van der Waals surface area (Å²) >= 11 is 0. The first-order valence-corrected chi connectivity index (χ1v) is 8.76. The lowest BCUT2D eigenvalue weighted by atomic mass is 10.1. The Morgan fingerprint density at radius 3 is 2.67 bits per heavy atom. The van der Waals surface area contributed by atoms with Gasteiger partial charge in [0.05, 0.1) is 11.6 Å². The second kappa shape index (κ2) is 8.63. The number of carbonyl (C=O) groups excluding carboxylic acids is 1. The van der Waals surface area contributed by atoms with Gasteiger partial charge in [-0.3, -0.25) is 4.79 Å². The van der Waals surface area contributed by atoms with Crippen LogP contribution in [0.15, 0.2) is 72.9 Å². The van der Waals surface area contributed by atoms with Gasteiger partial charge in [-0.15, -0.1) is 0 Å². The highest BCUT2D eigenvalue weighted by Gasteiger charge is 2.15. The number of pyridine rings is 1. The quantitative estimate of drug-likeness (QED) is 0.712. The molecule has 0 saturated carbocycles. The highest BCUT2D eigenvalue weighted by Crippen LogP contribution is 2.18. The van der Waals surface area contributed by atoms with Crippen LogP contribution in [-0.2, 0) is 6.54 Å². The van der Waals surface area contributed by atoms with Crippen LogP contribution in [0, 0.1) is 11.3 Å². The standard InChI is InChI=1S/C22H20N4O/c1-2-26(16-17-7-4-3-5-8-17)22(27)19-11-12-24-21(14-19)25-20-10-6-9-18(13-20)15-23/h3-14H,2,16H2,1H3,(H,24,25). The van der Waals surface area contributed by atoms with Crippen LogP contribution >= 0.6 is 0 Å². The summed E-state index contributed by atoms with van der Waals surface area (Å²) in [6, 6.07) is 22.6. The van der Waals surface area contributed by atoms with Gasteiger partial charge in [-0.05, 0) is 42.8 Å². The maximum absolute atomic E-state index is 12.9. The Morgan fingerprint density at radius 2 is 1.93 bits per heavy atom. The smallest absolute Gasteiger partial charge is 0.254 e. The molecule has 1 aromatic heterocycles. The summed E-state index contributed by atoms with van der Waals surface area (Å²) in [6.45, 7) is 3.14. The fourth-order valence-corrected chi connectivity index (χ4v) is 2.76. The summed E-state index contributed by atoms with van der Waals surface area (Å²) in [4.78, 5) is 19.0. The molecule has 0 saturated heterocycles. The monoisotopic (exact) mass is 356 g/mol. The highest BCUT2D eigenvalue weighted by molar-refractivity contribution is 5.95. The number of amides is 1. The molecule has 0 radical (unpaired) electrons. The molecular weight excluding hydrogens is 336 g/mol. The van der Waals surface area contributed by atoms with Gasteiger partial charge in [-0.2, -0.15) is 5.26 Å². The molecule has 1 amide bonds. The highest BCUT2D eigenvalue weighted by atomic mass is 16.2. The Labute approximate surface area is 158 Å². The van der Waals surface area contributed by atoms with Gasteiger partial charge in [0.15, 0.2) is 0 Å².